The molecule has 0 atom stereocenters. The highest BCUT2D eigenvalue weighted by molar-refractivity contribution is 7.99. The fourth-order valence-corrected chi connectivity index (χ4v) is 3.20. The second kappa shape index (κ2) is 9.41. The van der Waals surface area contributed by atoms with Crippen LogP contribution in [-0.2, 0) is 10.5 Å². The van der Waals surface area contributed by atoms with Crippen molar-refractivity contribution in [2.24, 2.45) is 0 Å². The number of aromatic nitrogens is 2. The normalized spacial score (nSPS) is 10.9. The maximum Gasteiger partial charge on any atom is 0.236 e. The molecule has 0 fully saturated rings. The van der Waals surface area contributed by atoms with Gasteiger partial charge in [0.05, 0.1) is 18.6 Å². The largest absolute Gasteiger partial charge is 0.497 e. The fraction of sp³-hybridized carbons (Fsp3) is 0.286. The predicted molar refractivity (Wildman–Crippen MR) is 112 cm³/mol. The Kier molecular flexibility index (Phi) is 6.71. The first-order valence-electron chi connectivity index (χ1n) is 8.99. The Balaban J connectivity index is 1.47. The first-order chi connectivity index (χ1) is 13.5. The van der Waals surface area contributed by atoms with Gasteiger partial charge in [-0.15, -0.1) is 11.8 Å². The summed E-state index contributed by atoms with van der Waals surface area (Å²) in [6.45, 7) is 4.28. The molecule has 1 amide bonds. The van der Waals surface area contributed by atoms with E-state index in [-0.39, 0.29) is 5.91 Å². The Bertz CT molecular complexity index is 905. The number of carbonyl (C=O) groups excluding carboxylic acids is 1. The summed E-state index contributed by atoms with van der Waals surface area (Å²) in [6, 6.07) is 15.4. The first-order valence-corrected chi connectivity index (χ1v) is 10.1. The molecule has 7 heteroatoms. The molecule has 1 aromatic heterocycles. The summed E-state index contributed by atoms with van der Waals surface area (Å²) < 4.78 is 10.4. The Morgan fingerprint density at radius 3 is 2.50 bits per heavy atom. The number of carbonyl (C=O) groups is 1. The summed E-state index contributed by atoms with van der Waals surface area (Å²) in [6.07, 6.45) is 0. The zero-order valence-corrected chi connectivity index (χ0v) is 17.0. The van der Waals surface area contributed by atoms with Crippen molar-refractivity contribution < 1.29 is 14.1 Å². The average Bonchev–Trinajstić information content (AvgIpc) is 3.17. The second-order valence-corrected chi connectivity index (χ2v) is 7.54. The third kappa shape index (κ3) is 5.36. The number of benzene rings is 2. The van der Waals surface area contributed by atoms with Crippen molar-refractivity contribution in [3.8, 4) is 17.1 Å². The number of methoxy groups -OCH3 is 1. The molecule has 6 nitrogen and oxygen atoms in total. The monoisotopic (exact) mass is 397 g/mol. The van der Waals surface area contributed by atoms with Crippen LogP contribution < -0.4 is 10.1 Å². The van der Waals surface area contributed by atoms with Crippen molar-refractivity contribution in [1.29, 1.82) is 0 Å². The smallest absolute Gasteiger partial charge is 0.236 e. The standard InChI is InChI=1S/C21H23N3O3S/c1-14(2)15-4-8-17(9-5-15)22-19(25)12-28-13-20-23-21(24-27-20)16-6-10-18(26-3)11-7-16/h4-11,14H,12-13H2,1-3H3,(H,22,25). The zero-order chi connectivity index (χ0) is 19.9. The van der Waals surface area contributed by atoms with E-state index in [0.29, 0.717) is 29.1 Å². The van der Waals surface area contributed by atoms with Crippen LogP contribution in [0.3, 0.4) is 0 Å². The van der Waals surface area contributed by atoms with Gasteiger partial charge in [0.2, 0.25) is 17.6 Å². The van der Waals surface area contributed by atoms with Gasteiger partial charge in [-0.05, 0) is 47.9 Å². The van der Waals surface area contributed by atoms with E-state index in [2.05, 4.69) is 29.3 Å². The molecule has 0 saturated carbocycles. The van der Waals surface area contributed by atoms with Crippen molar-refractivity contribution in [3.05, 3.63) is 60.0 Å². The summed E-state index contributed by atoms with van der Waals surface area (Å²) in [7, 11) is 1.62. The summed E-state index contributed by atoms with van der Waals surface area (Å²) in [5.41, 5.74) is 2.90. The lowest BCUT2D eigenvalue weighted by atomic mass is 10.0. The molecule has 2 aromatic carbocycles. The highest BCUT2D eigenvalue weighted by atomic mass is 32.2. The highest BCUT2D eigenvalue weighted by Crippen LogP contribution is 2.21. The summed E-state index contributed by atoms with van der Waals surface area (Å²) in [5.74, 6) is 2.98. The van der Waals surface area contributed by atoms with E-state index in [0.717, 1.165) is 17.0 Å². The van der Waals surface area contributed by atoms with Crippen LogP contribution in [0.4, 0.5) is 5.69 Å². The predicted octanol–water partition coefficient (Wildman–Crippen LogP) is 4.74. The van der Waals surface area contributed by atoms with Gasteiger partial charge in [0.15, 0.2) is 0 Å². The fourth-order valence-electron chi connectivity index (χ4n) is 2.55. The lowest BCUT2D eigenvalue weighted by Crippen LogP contribution is -2.14. The average molecular weight is 398 g/mol. The Hall–Kier alpha value is -2.80. The zero-order valence-electron chi connectivity index (χ0n) is 16.1. The lowest BCUT2D eigenvalue weighted by Gasteiger charge is -2.08. The van der Waals surface area contributed by atoms with Crippen molar-refractivity contribution in [1.82, 2.24) is 10.1 Å². The Morgan fingerprint density at radius 1 is 1.14 bits per heavy atom. The molecular weight excluding hydrogens is 374 g/mol. The number of nitrogens with one attached hydrogen (secondary N) is 1. The minimum Gasteiger partial charge on any atom is -0.497 e. The number of thioether (sulfide) groups is 1. The van der Waals surface area contributed by atoms with Crippen molar-refractivity contribution in [3.63, 3.8) is 0 Å². The van der Waals surface area contributed by atoms with E-state index in [9.17, 15) is 4.79 Å². The van der Waals surface area contributed by atoms with Crippen LogP contribution in [0, 0.1) is 0 Å². The van der Waals surface area contributed by atoms with E-state index in [1.54, 1.807) is 7.11 Å². The number of hydrogen-bond donors (Lipinski definition) is 1. The number of ether oxygens (including phenoxy) is 1. The Labute approximate surface area is 168 Å². The van der Waals surface area contributed by atoms with Crippen LogP contribution in [0.5, 0.6) is 5.75 Å². The molecule has 1 heterocycles. The van der Waals surface area contributed by atoms with Gasteiger partial charge in [-0.25, -0.2) is 0 Å². The third-order valence-corrected chi connectivity index (χ3v) is 5.05. The minimum absolute atomic E-state index is 0.0582. The van der Waals surface area contributed by atoms with Crippen LogP contribution in [-0.4, -0.2) is 28.9 Å². The summed E-state index contributed by atoms with van der Waals surface area (Å²) in [5, 5.41) is 6.89. The van der Waals surface area contributed by atoms with E-state index >= 15 is 0 Å². The first kappa shape index (κ1) is 19.9. The van der Waals surface area contributed by atoms with Gasteiger partial charge in [-0.1, -0.05) is 31.1 Å². The maximum atomic E-state index is 12.1. The topological polar surface area (TPSA) is 77.2 Å². The lowest BCUT2D eigenvalue weighted by molar-refractivity contribution is -0.113. The number of anilines is 1. The second-order valence-electron chi connectivity index (χ2n) is 6.56. The SMILES string of the molecule is COc1ccc(-c2noc(CSCC(=O)Nc3ccc(C(C)C)cc3)n2)cc1. The molecule has 0 bridgehead atoms. The highest BCUT2D eigenvalue weighted by Gasteiger charge is 2.10. The number of hydrogen-bond acceptors (Lipinski definition) is 6. The molecule has 3 rings (SSSR count). The van der Waals surface area contributed by atoms with Gasteiger partial charge in [0.25, 0.3) is 0 Å². The van der Waals surface area contributed by atoms with Gasteiger partial charge in [0.1, 0.15) is 5.75 Å². The van der Waals surface area contributed by atoms with Crippen LogP contribution in [0.15, 0.2) is 53.1 Å². The molecule has 0 aliphatic carbocycles. The van der Waals surface area contributed by atoms with Crippen LogP contribution >= 0.6 is 11.8 Å². The van der Waals surface area contributed by atoms with Gasteiger partial charge in [0, 0.05) is 11.3 Å². The van der Waals surface area contributed by atoms with Crippen molar-refractivity contribution >= 4 is 23.4 Å². The molecule has 0 unspecified atom stereocenters. The number of rotatable bonds is 8. The van der Waals surface area contributed by atoms with Crippen molar-refractivity contribution in [2.45, 2.75) is 25.5 Å². The molecule has 28 heavy (non-hydrogen) atoms. The van der Waals surface area contributed by atoms with Gasteiger partial charge in [-0.3, -0.25) is 4.79 Å². The summed E-state index contributed by atoms with van der Waals surface area (Å²) >= 11 is 1.43. The number of nitrogens with zero attached hydrogens (tertiary/aromatic N) is 2. The molecule has 1 N–H and O–H groups in total. The number of amides is 1. The van der Waals surface area contributed by atoms with Gasteiger partial charge < -0.3 is 14.6 Å². The maximum absolute atomic E-state index is 12.1. The van der Waals surface area contributed by atoms with Crippen LogP contribution in [0.1, 0.15) is 31.2 Å². The quantitative estimate of drug-likeness (QED) is 0.591. The molecule has 3 aromatic rings. The summed E-state index contributed by atoms with van der Waals surface area (Å²) in [4.78, 5) is 16.5. The molecular formula is C21H23N3O3S. The molecule has 0 radical (unpaired) electrons. The molecule has 0 spiro atoms. The van der Waals surface area contributed by atoms with Crippen LogP contribution in [0.2, 0.25) is 0 Å². The third-order valence-electron chi connectivity index (χ3n) is 4.14. The van der Waals surface area contributed by atoms with E-state index in [1.807, 2.05) is 48.5 Å². The van der Waals surface area contributed by atoms with E-state index < -0.39 is 0 Å². The Morgan fingerprint density at radius 2 is 1.86 bits per heavy atom. The van der Waals surface area contributed by atoms with E-state index in [4.69, 9.17) is 9.26 Å². The van der Waals surface area contributed by atoms with E-state index in [1.165, 1.54) is 17.3 Å². The molecule has 146 valence electrons. The van der Waals surface area contributed by atoms with Gasteiger partial charge >= 0.3 is 0 Å². The minimum atomic E-state index is -0.0582. The molecule has 0 saturated heterocycles. The van der Waals surface area contributed by atoms with Gasteiger partial charge in [-0.2, -0.15) is 4.98 Å². The molecule has 0 aliphatic rings. The molecule has 0 aliphatic heterocycles. The van der Waals surface area contributed by atoms with Crippen molar-refractivity contribution in [2.75, 3.05) is 18.2 Å². The van der Waals surface area contributed by atoms with Crippen LogP contribution in [0.25, 0.3) is 11.4 Å².